The van der Waals surface area contributed by atoms with Gasteiger partial charge in [-0.1, -0.05) is 41.0 Å². The molecule has 0 unspecified atom stereocenters. The summed E-state index contributed by atoms with van der Waals surface area (Å²) < 4.78 is 14.6. The summed E-state index contributed by atoms with van der Waals surface area (Å²) in [5.74, 6) is 5.77. The second-order valence-electron chi connectivity index (χ2n) is 3.31. The lowest BCUT2D eigenvalue weighted by Gasteiger charge is -2.01. The molecule has 1 aromatic heterocycles. The molecule has 0 atom stereocenters. The van der Waals surface area contributed by atoms with E-state index in [1.165, 1.54) is 29.2 Å². The summed E-state index contributed by atoms with van der Waals surface area (Å²) in [5.41, 5.74) is 8.19. The highest BCUT2D eigenvalue weighted by Crippen LogP contribution is 2.25. The van der Waals surface area contributed by atoms with Gasteiger partial charge in [0.15, 0.2) is 4.34 Å². The molecule has 0 aliphatic rings. The molecule has 0 spiro atoms. The molecule has 2 N–H and O–H groups in total. The lowest BCUT2D eigenvalue weighted by Crippen LogP contribution is -1.93. The van der Waals surface area contributed by atoms with Gasteiger partial charge >= 0.3 is 0 Å². The standard InChI is InChI=1S/C12H10FN3S2/c13-11-6-9(2-1-5-14)3-4-10(11)7-17-12-16-15-8-18-12/h3-4,6,8H,5,7,14H2. The first-order valence-corrected chi connectivity index (χ1v) is 7.02. The number of aromatic nitrogens is 2. The fourth-order valence-corrected chi connectivity index (χ4v) is 2.74. The Labute approximate surface area is 113 Å². The predicted octanol–water partition coefficient (Wildman–Crippen LogP) is 2.28. The lowest BCUT2D eigenvalue weighted by atomic mass is 10.1. The molecule has 0 saturated carbocycles. The zero-order valence-corrected chi connectivity index (χ0v) is 11.0. The Balaban J connectivity index is 2.05. The van der Waals surface area contributed by atoms with E-state index in [0.29, 0.717) is 16.9 Å². The van der Waals surface area contributed by atoms with E-state index in [1.54, 1.807) is 17.6 Å². The third-order valence-corrected chi connectivity index (χ3v) is 3.99. The Bertz CT molecular complexity index is 573. The maximum Gasteiger partial charge on any atom is 0.174 e. The van der Waals surface area contributed by atoms with Crippen molar-refractivity contribution in [1.29, 1.82) is 0 Å². The van der Waals surface area contributed by atoms with Crippen molar-refractivity contribution in [3.8, 4) is 11.8 Å². The average molecular weight is 279 g/mol. The summed E-state index contributed by atoms with van der Waals surface area (Å²) in [6, 6.07) is 4.96. The highest BCUT2D eigenvalue weighted by molar-refractivity contribution is 8.00. The summed E-state index contributed by atoms with van der Waals surface area (Å²) in [6.07, 6.45) is 0. The van der Waals surface area contributed by atoms with Crippen LogP contribution in [0.1, 0.15) is 11.1 Å². The first-order chi connectivity index (χ1) is 8.79. The molecule has 0 aliphatic carbocycles. The Morgan fingerprint density at radius 3 is 3.00 bits per heavy atom. The molecular formula is C12H10FN3S2. The van der Waals surface area contributed by atoms with Crippen molar-refractivity contribution in [2.75, 3.05) is 6.54 Å². The molecule has 1 aromatic carbocycles. The number of hydrogen-bond donors (Lipinski definition) is 1. The van der Waals surface area contributed by atoms with Gasteiger partial charge in [-0.25, -0.2) is 4.39 Å². The van der Waals surface area contributed by atoms with Crippen LogP contribution in [-0.2, 0) is 5.75 Å². The zero-order chi connectivity index (χ0) is 12.8. The van der Waals surface area contributed by atoms with Gasteiger partial charge in [-0.3, -0.25) is 0 Å². The molecule has 1 heterocycles. The van der Waals surface area contributed by atoms with Gasteiger partial charge in [-0.15, -0.1) is 10.2 Å². The van der Waals surface area contributed by atoms with Crippen LogP contribution < -0.4 is 5.73 Å². The minimum absolute atomic E-state index is 0.254. The van der Waals surface area contributed by atoms with E-state index < -0.39 is 0 Å². The van der Waals surface area contributed by atoms with Gasteiger partial charge in [0.05, 0.1) is 6.54 Å². The van der Waals surface area contributed by atoms with Crippen molar-refractivity contribution in [3.05, 3.63) is 40.7 Å². The van der Waals surface area contributed by atoms with E-state index >= 15 is 0 Å². The largest absolute Gasteiger partial charge is 0.320 e. The van der Waals surface area contributed by atoms with Crippen molar-refractivity contribution in [2.24, 2.45) is 5.73 Å². The Hall–Kier alpha value is -1.42. The van der Waals surface area contributed by atoms with Crippen LogP contribution in [0.2, 0.25) is 0 Å². The van der Waals surface area contributed by atoms with Gasteiger partial charge < -0.3 is 5.73 Å². The number of rotatable bonds is 3. The molecule has 0 amide bonds. The second kappa shape index (κ2) is 6.50. The van der Waals surface area contributed by atoms with Gasteiger partial charge in [-0.05, 0) is 17.7 Å². The smallest absolute Gasteiger partial charge is 0.174 e. The van der Waals surface area contributed by atoms with Gasteiger partial charge in [-0.2, -0.15) is 0 Å². The lowest BCUT2D eigenvalue weighted by molar-refractivity contribution is 0.617. The molecule has 2 rings (SSSR count). The van der Waals surface area contributed by atoms with Crippen LogP contribution in [0.5, 0.6) is 0 Å². The third-order valence-electron chi connectivity index (χ3n) is 2.08. The fraction of sp³-hybridized carbons (Fsp3) is 0.167. The summed E-state index contributed by atoms with van der Waals surface area (Å²) >= 11 is 2.91. The maximum absolute atomic E-state index is 13.8. The van der Waals surface area contributed by atoms with Crippen molar-refractivity contribution < 1.29 is 4.39 Å². The second-order valence-corrected chi connectivity index (χ2v) is 5.36. The van der Waals surface area contributed by atoms with Gasteiger partial charge in [0, 0.05) is 11.3 Å². The van der Waals surface area contributed by atoms with Crippen LogP contribution in [0.25, 0.3) is 0 Å². The highest BCUT2D eigenvalue weighted by atomic mass is 32.2. The number of nitrogens with zero attached hydrogens (tertiary/aromatic N) is 2. The van der Waals surface area contributed by atoms with Crippen LogP contribution in [0.15, 0.2) is 28.0 Å². The molecule has 0 bridgehead atoms. The number of nitrogens with two attached hydrogens (primary N) is 1. The monoisotopic (exact) mass is 279 g/mol. The summed E-state index contributed by atoms with van der Waals surface area (Å²) in [7, 11) is 0. The molecule has 0 saturated heterocycles. The quantitative estimate of drug-likeness (QED) is 0.692. The normalized spacial score (nSPS) is 9.89. The van der Waals surface area contributed by atoms with Crippen molar-refractivity contribution in [1.82, 2.24) is 10.2 Å². The molecule has 0 aliphatic heterocycles. The van der Waals surface area contributed by atoms with Gasteiger partial charge in [0.1, 0.15) is 11.3 Å². The summed E-state index contributed by atoms with van der Waals surface area (Å²) in [5, 5.41) is 7.62. The topological polar surface area (TPSA) is 51.8 Å². The van der Waals surface area contributed by atoms with Gasteiger partial charge in [0.25, 0.3) is 0 Å². The Kier molecular flexibility index (Phi) is 4.70. The van der Waals surface area contributed by atoms with E-state index in [-0.39, 0.29) is 12.4 Å². The minimum atomic E-state index is -0.254. The fourth-order valence-electron chi connectivity index (χ4n) is 1.26. The van der Waals surface area contributed by atoms with Crippen molar-refractivity contribution in [2.45, 2.75) is 10.1 Å². The van der Waals surface area contributed by atoms with Crippen LogP contribution in [0, 0.1) is 17.7 Å². The number of benzene rings is 1. The summed E-state index contributed by atoms with van der Waals surface area (Å²) in [4.78, 5) is 0. The molecule has 2 aromatic rings. The molecule has 6 heteroatoms. The van der Waals surface area contributed by atoms with Crippen molar-refractivity contribution >= 4 is 23.1 Å². The molecular weight excluding hydrogens is 269 g/mol. The third kappa shape index (κ3) is 3.53. The predicted molar refractivity (Wildman–Crippen MR) is 71.8 cm³/mol. The summed E-state index contributed by atoms with van der Waals surface area (Å²) in [6.45, 7) is 0.274. The average Bonchev–Trinajstić information content (AvgIpc) is 2.88. The maximum atomic E-state index is 13.8. The SMILES string of the molecule is NCC#Cc1ccc(CSc2nncs2)c(F)c1. The van der Waals surface area contributed by atoms with Crippen LogP contribution >= 0.6 is 23.1 Å². The Morgan fingerprint density at radius 2 is 2.33 bits per heavy atom. The number of halogens is 1. The first kappa shape index (κ1) is 13.0. The minimum Gasteiger partial charge on any atom is -0.320 e. The molecule has 0 fully saturated rings. The number of hydrogen-bond acceptors (Lipinski definition) is 5. The van der Waals surface area contributed by atoms with E-state index in [1.807, 2.05) is 0 Å². The van der Waals surface area contributed by atoms with Crippen molar-refractivity contribution in [3.63, 3.8) is 0 Å². The molecule has 92 valence electrons. The molecule has 0 radical (unpaired) electrons. The van der Waals surface area contributed by atoms with Gasteiger partial charge in [0.2, 0.25) is 0 Å². The number of thioether (sulfide) groups is 1. The van der Waals surface area contributed by atoms with Crippen LogP contribution in [-0.4, -0.2) is 16.7 Å². The highest BCUT2D eigenvalue weighted by Gasteiger charge is 2.05. The molecule has 3 nitrogen and oxygen atoms in total. The van der Waals surface area contributed by atoms with E-state index in [9.17, 15) is 4.39 Å². The van der Waals surface area contributed by atoms with Crippen LogP contribution in [0.3, 0.4) is 0 Å². The van der Waals surface area contributed by atoms with E-state index in [2.05, 4.69) is 22.0 Å². The van der Waals surface area contributed by atoms with E-state index in [4.69, 9.17) is 5.73 Å². The van der Waals surface area contributed by atoms with Crippen LogP contribution in [0.4, 0.5) is 4.39 Å². The van der Waals surface area contributed by atoms with E-state index in [0.717, 1.165) is 4.34 Å². The Morgan fingerprint density at radius 1 is 1.44 bits per heavy atom. The first-order valence-electron chi connectivity index (χ1n) is 5.16. The molecule has 18 heavy (non-hydrogen) atoms. The zero-order valence-electron chi connectivity index (χ0n) is 9.39.